The maximum absolute atomic E-state index is 12.7. The molecule has 2 aliphatic carbocycles. The summed E-state index contributed by atoms with van der Waals surface area (Å²) in [5, 5.41) is 0. The van der Waals surface area contributed by atoms with E-state index >= 15 is 0 Å². The summed E-state index contributed by atoms with van der Waals surface area (Å²) in [5.74, 6) is 0.415. The van der Waals surface area contributed by atoms with Gasteiger partial charge in [-0.05, 0) is 33.4 Å². The van der Waals surface area contributed by atoms with E-state index in [4.69, 9.17) is 0 Å². The van der Waals surface area contributed by atoms with Crippen LogP contribution in [0.5, 0.6) is 0 Å². The van der Waals surface area contributed by atoms with Crippen LogP contribution < -0.4 is 0 Å². The van der Waals surface area contributed by atoms with Gasteiger partial charge >= 0.3 is 10.2 Å². The maximum atomic E-state index is 12.7. The van der Waals surface area contributed by atoms with Crippen LogP contribution >= 0.6 is 0 Å². The average Bonchev–Trinajstić information content (AvgIpc) is 3.91. The molecule has 2 unspecified atom stereocenters. The minimum Gasteiger partial charge on any atom is -0.345 e. The zero-order chi connectivity index (χ0) is 31.7. The predicted molar refractivity (Wildman–Crippen MR) is 182 cm³/mol. The largest absolute Gasteiger partial charge is 0.345 e. The van der Waals surface area contributed by atoms with E-state index in [0.29, 0.717) is 11.6 Å². The van der Waals surface area contributed by atoms with Crippen molar-refractivity contribution < 1.29 is 8.42 Å². The Kier molecular flexibility index (Phi) is 7.82. The number of hydrogen-bond donors (Lipinski definition) is 1. The summed E-state index contributed by atoms with van der Waals surface area (Å²) in [5.41, 5.74) is 11.2. The van der Waals surface area contributed by atoms with Crippen LogP contribution in [0.25, 0.3) is 11.1 Å². The van der Waals surface area contributed by atoms with Crippen molar-refractivity contribution in [3.05, 3.63) is 191 Å². The van der Waals surface area contributed by atoms with Crippen LogP contribution in [0, 0.1) is 0 Å². The molecule has 228 valence electrons. The number of nitrogens with one attached hydrogen (secondary N) is 1. The molecule has 0 fully saturated rings. The highest BCUT2D eigenvalue weighted by atomic mass is 32.2. The zero-order valence-electron chi connectivity index (χ0n) is 25.5. The van der Waals surface area contributed by atoms with Gasteiger partial charge in [-0.1, -0.05) is 121 Å². The van der Waals surface area contributed by atoms with Gasteiger partial charge in [-0.25, -0.2) is 13.9 Å². The Bertz CT molecular complexity index is 2150. The van der Waals surface area contributed by atoms with Crippen molar-refractivity contribution in [1.82, 2.24) is 23.2 Å². The van der Waals surface area contributed by atoms with Gasteiger partial charge in [-0.15, -0.1) is 0 Å². The van der Waals surface area contributed by atoms with Crippen LogP contribution in [0.15, 0.2) is 146 Å². The Morgan fingerprint density at radius 1 is 0.652 bits per heavy atom. The fourth-order valence-corrected chi connectivity index (χ4v) is 7.20. The first-order valence-corrected chi connectivity index (χ1v) is 16.5. The van der Waals surface area contributed by atoms with Crippen LogP contribution in [-0.4, -0.2) is 45.7 Å². The van der Waals surface area contributed by atoms with Gasteiger partial charge in [-0.3, -0.25) is 0 Å². The number of fused-ring (bicyclic) bond motifs is 2. The molecule has 0 amide bonds. The lowest BCUT2D eigenvalue weighted by molar-refractivity contribution is 0.510. The SMILES string of the molecule is C1=C(c2cnc[nH]2)c2ccccc2C1c1ccccc1.CN(C)S(=O)(=O)n1cncc1C1=CC(c2ccccc2)c2ccccc21. The maximum Gasteiger partial charge on any atom is 0.308 e. The number of rotatable bonds is 6. The lowest BCUT2D eigenvalue weighted by Gasteiger charge is -2.15. The molecule has 6 aromatic rings. The van der Waals surface area contributed by atoms with E-state index in [9.17, 15) is 8.42 Å². The number of hydrogen-bond acceptors (Lipinski definition) is 4. The molecular weight excluding hydrogens is 591 g/mol. The summed E-state index contributed by atoms with van der Waals surface area (Å²) >= 11 is 0. The molecule has 1 N–H and O–H groups in total. The first-order valence-electron chi connectivity index (χ1n) is 15.1. The summed E-state index contributed by atoms with van der Waals surface area (Å²) in [6.45, 7) is 0. The topological polar surface area (TPSA) is 83.9 Å². The summed E-state index contributed by atoms with van der Waals surface area (Å²) in [4.78, 5) is 11.5. The molecular formula is C38H33N5O2S. The first-order chi connectivity index (χ1) is 22.4. The van der Waals surface area contributed by atoms with E-state index in [1.54, 1.807) is 12.5 Å². The van der Waals surface area contributed by atoms with E-state index in [1.165, 1.54) is 62.1 Å². The molecule has 4 aromatic carbocycles. The highest BCUT2D eigenvalue weighted by Gasteiger charge is 2.30. The Morgan fingerprint density at radius 3 is 1.72 bits per heavy atom. The molecule has 8 heteroatoms. The van der Waals surface area contributed by atoms with Crippen molar-refractivity contribution in [1.29, 1.82) is 0 Å². The first kappa shape index (κ1) is 29.4. The Hall–Kier alpha value is -5.31. The van der Waals surface area contributed by atoms with Gasteiger partial charge in [0.15, 0.2) is 0 Å². The normalized spacial score (nSPS) is 16.7. The second kappa shape index (κ2) is 12.2. The van der Waals surface area contributed by atoms with Crippen molar-refractivity contribution in [2.45, 2.75) is 11.8 Å². The number of H-pyrrole nitrogens is 1. The zero-order valence-corrected chi connectivity index (χ0v) is 26.3. The number of nitrogens with zero attached hydrogens (tertiary/aromatic N) is 4. The van der Waals surface area contributed by atoms with Crippen LogP contribution in [0.4, 0.5) is 0 Å². The van der Waals surface area contributed by atoms with Crippen molar-refractivity contribution in [3.8, 4) is 0 Å². The monoisotopic (exact) mass is 623 g/mol. The van der Waals surface area contributed by atoms with Crippen molar-refractivity contribution in [2.75, 3.05) is 14.1 Å². The molecule has 0 aliphatic heterocycles. The highest BCUT2D eigenvalue weighted by Crippen LogP contribution is 2.43. The van der Waals surface area contributed by atoms with Gasteiger partial charge in [0, 0.05) is 37.1 Å². The van der Waals surface area contributed by atoms with Crippen LogP contribution in [0.2, 0.25) is 0 Å². The van der Waals surface area contributed by atoms with Crippen molar-refractivity contribution >= 4 is 21.4 Å². The fourth-order valence-electron chi connectivity index (χ4n) is 6.28. The van der Waals surface area contributed by atoms with Gasteiger partial charge in [0.25, 0.3) is 0 Å². The van der Waals surface area contributed by atoms with E-state index in [2.05, 4.69) is 99.9 Å². The summed E-state index contributed by atoms with van der Waals surface area (Å²) in [7, 11) is -0.606. The molecule has 8 rings (SSSR count). The molecule has 2 aromatic heterocycles. The number of aromatic nitrogens is 4. The van der Waals surface area contributed by atoms with Gasteiger partial charge in [0.05, 0.1) is 30.1 Å². The smallest absolute Gasteiger partial charge is 0.308 e. The molecule has 2 atom stereocenters. The molecule has 0 bridgehead atoms. The molecule has 0 radical (unpaired) electrons. The molecule has 2 heterocycles. The minimum atomic E-state index is -3.64. The second-order valence-corrected chi connectivity index (χ2v) is 13.5. The third-order valence-electron chi connectivity index (χ3n) is 8.54. The molecule has 2 aliphatic rings. The summed E-state index contributed by atoms with van der Waals surface area (Å²) in [6.07, 6.45) is 11.0. The second-order valence-electron chi connectivity index (χ2n) is 11.4. The van der Waals surface area contributed by atoms with Crippen LogP contribution in [0.3, 0.4) is 0 Å². The minimum absolute atomic E-state index is 0.0906. The lowest BCUT2D eigenvalue weighted by Crippen LogP contribution is -2.29. The number of benzene rings is 4. The molecule has 0 spiro atoms. The van der Waals surface area contributed by atoms with Gasteiger partial charge < -0.3 is 4.98 Å². The van der Waals surface area contributed by atoms with Crippen molar-refractivity contribution in [3.63, 3.8) is 0 Å². The Morgan fingerprint density at radius 2 is 1.17 bits per heavy atom. The standard InChI is InChI=1S/C20H19N3O2S.C18H14N2/c1-22(2)26(24,25)23-14-21-13-20(23)19-12-18(15-8-4-3-5-9-15)16-10-6-7-11-17(16)19;1-2-6-13(7-3-1)16-10-17(18-11-19-12-20-18)15-9-5-4-8-14(15)16/h3-14,18H,1-2H3;1-12,16H,(H,19,20). The van der Waals surface area contributed by atoms with E-state index in [1.807, 2.05) is 42.6 Å². The Labute approximate surface area is 269 Å². The van der Waals surface area contributed by atoms with Gasteiger partial charge in [-0.2, -0.15) is 12.7 Å². The molecule has 0 saturated heterocycles. The molecule has 7 nitrogen and oxygen atoms in total. The average molecular weight is 624 g/mol. The Balaban J connectivity index is 0.000000152. The summed E-state index contributed by atoms with van der Waals surface area (Å²) in [6, 6.07) is 37.6. The number of imidazole rings is 2. The third kappa shape index (κ3) is 5.31. The van der Waals surface area contributed by atoms with E-state index < -0.39 is 10.2 Å². The predicted octanol–water partition coefficient (Wildman–Crippen LogP) is 7.10. The van der Waals surface area contributed by atoms with Crippen LogP contribution in [0.1, 0.15) is 56.6 Å². The number of allylic oxidation sites excluding steroid dienone is 2. The van der Waals surface area contributed by atoms with Crippen LogP contribution in [-0.2, 0) is 10.2 Å². The third-order valence-corrected chi connectivity index (χ3v) is 10.2. The van der Waals surface area contributed by atoms with Gasteiger partial charge in [0.2, 0.25) is 0 Å². The van der Waals surface area contributed by atoms with Gasteiger partial charge in [0.1, 0.15) is 6.33 Å². The molecule has 0 saturated carbocycles. The summed E-state index contributed by atoms with van der Waals surface area (Å²) < 4.78 is 27.7. The quantitative estimate of drug-likeness (QED) is 0.215. The highest BCUT2D eigenvalue weighted by molar-refractivity contribution is 7.87. The lowest BCUT2D eigenvalue weighted by atomic mass is 9.93. The number of aromatic amines is 1. The molecule has 46 heavy (non-hydrogen) atoms. The van der Waals surface area contributed by atoms with E-state index in [-0.39, 0.29) is 5.92 Å². The van der Waals surface area contributed by atoms with Crippen molar-refractivity contribution in [2.24, 2.45) is 0 Å². The van der Waals surface area contributed by atoms with E-state index in [0.717, 1.165) is 16.8 Å². The fraction of sp³-hybridized carbons (Fsp3) is 0.105.